The van der Waals surface area contributed by atoms with Crippen molar-refractivity contribution in [3.63, 3.8) is 0 Å². The van der Waals surface area contributed by atoms with Crippen molar-refractivity contribution in [3.05, 3.63) is 11.8 Å². The van der Waals surface area contributed by atoms with Crippen molar-refractivity contribution in [1.29, 1.82) is 0 Å². The van der Waals surface area contributed by atoms with Gasteiger partial charge in [0.1, 0.15) is 0 Å². The molecule has 4 bridgehead atoms. The van der Waals surface area contributed by atoms with Crippen LogP contribution in [0, 0.1) is 23.2 Å². The molecule has 0 saturated heterocycles. The van der Waals surface area contributed by atoms with E-state index in [9.17, 15) is 0 Å². The minimum absolute atomic E-state index is 0.538. The molecule has 0 aliphatic heterocycles. The van der Waals surface area contributed by atoms with E-state index in [4.69, 9.17) is 4.74 Å². The Labute approximate surface area is 99.3 Å². The van der Waals surface area contributed by atoms with Crippen LogP contribution in [-0.4, -0.2) is 7.11 Å². The Morgan fingerprint density at radius 3 is 2.00 bits per heavy atom. The van der Waals surface area contributed by atoms with Gasteiger partial charge in [0.15, 0.2) is 0 Å². The lowest BCUT2D eigenvalue weighted by Gasteiger charge is -2.56. The zero-order valence-electron chi connectivity index (χ0n) is 10.7. The van der Waals surface area contributed by atoms with E-state index in [1.807, 2.05) is 7.11 Å². The van der Waals surface area contributed by atoms with E-state index in [0.29, 0.717) is 5.41 Å². The molecule has 0 aromatic rings. The van der Waals surface area contributed by atoms with Crippen molar-refractivity contribution in [3.8, 4) is 0 Å². The van der Waals surface area contributed by atoms with Gasteiger partial charge in [0, 0.05) is 6.42 Å². The summed E-state index contributed by atoms with van der Waals surface area (Å²) in [5.41, 5.74) is 0.538. The lowest BCUT2D eigenvalue weighted by atomic mass is 9.49. The fourth-order valence-corrected chi connectivity index (χ4v) is 5.00. The molecule has 0 aromatic carbocycles. The molecule has 0 spiro atoms. The van der Waals surface area contributed by atoms with Crippen LogP contribution >= 0.6 is 0 Å². The van der Waals surface area contributed by atoms with Gasteiger partial charge < -0.3 is 4.74 Å². The molecule has 0 radical (unpaired) electrons. The van der Waals surface area contributed by atoms with Gasteiger partial charge in [-0.3, -0.25) is 0 Å². The predicted octanol–water partition coefficient (Wildman–Crippen LogP) is 4.14. The largest absolute Gasteiger partial charge is 0.501 e. The summed E-state index contributed by atoms with van der Waals surface area (Å²) in [6.45, 7) is 2.20. The van der Waals surface area contributed by atoms with Crippen LogP contribution in [0.2, 0.25) is 0 Å². The topological polar surface area (TPSA) is 9.23 Å². The fraction of sp³-hybridized carbons (Fsp3) is 0.867. The van der Waals surface area contributed by atoms with Crippen molar-refractivity contribution in [2.75, 3.05) is 7.11 Å². The minimum atomic E-state index is 0.538. The predicted molar refractivity (Wildman–Crippen MR) is 66.0 cm³/mol. The van der Waals surface area contributed by atoms with Gasteiger partial charge in [-0.05, 0) is 67.8 Å². The van der Waals surface area contributed by atoms with Crippen molar-refractivity contribution in [1.82, 2.24) is 0 Å². The molecule has 16 heavy (non-hydrogen) atoms. The Balaban J connectivity index is 1.85. The molecule has 0 N–H and O–H groups in total. The first-order valence-corrected chi connectivity index (χ1v) is 6.99. The van der Waals surface area contributed by atoms with E-state index in [1.165, 1.54) is 44.3 Å². The summed E-state index contributed by atoms with van der Waals surface area (Å²) in [7, 11) is 1.83. The third kappa shape index (κ3) is 1.69. The van der Waals surface area contributed by atoms with Crippen LogP contribution in [0.4, 0.5) is 0 Å². The molecular weight excluding hydrogens is 196 g/mol. The number of allylic oxidation sites excluding steroid dienone is 2. The number of hydrogen-bond donors (Lipinski definition) is 0. The third-order valence-electron chi connectivity index (χ3n) is 5.16. The second kappa shape index (κ2) is 3.78. The highest BCUT2D eigenvalue weighted by Crippen LogP contribution is 2.60. The Bertz CT molecular complexity index is 261. The molecule has 90 valence electrons. The van der Waals surface area contributed by atoms with E-state index in [2.05, 4.69) is 13.0 Å². The summed E-state index contributed by atoms with van der Waals surface area (Å²) in [6, 6.07) is 0. The van der Waals surface area contributed by atoms with Gasteiger partial charge in [-0.15, -0.1) is 0 Å². The molecule has 0 amide bonds. The smallest absolute Gasteiger partial charge is 0.0918 e. The highest BCUT2D eigenvalue weighted by molar-refractivity contribution is 5.13. The van der Waals surface area contributed by atoms with Gasteiger partial charge in [-0.2, -0.15) is 0 Å². The highest BCUT2D eigenvalue weighted by Gasteiger charge is 2.49. The lowest BCUT2D eigenvalue weighted by Crippen LogP contribution is -2.45. The van der Waals surface area contributed by atoms with Crippen molar-refractivity contribution in [2.24, 2.45) is 23.2 Å². The first-order chi connectivity index (χ1) is 7.73. The van der Waals surface area contributed by atoms with Gasteiger partial charge in [0.05, 0.1) is 12.9 Å². The maximum Gasteiger partial charge on any atom is 0.0918 e. The molecule has 4 aliphatic rings. The van der Waals surface area contributed by atoms with Crippen LogP contribution < -0.4 is 0 Å². The maximum absolute atomic E-state index is 5.50. The van der Waals surface area contributed by atoms with Gasteiger partial charge >= 0.3 is 0 Å². The minimum Gasteiger partial charge on any atom is -0.501 e. The Morgan fingerprint density at radius 1 is 1.12 bits per heavy atom. The summed E-state index contributed by atoms with van der Waals surface area (Å²) in [5.74, 6) is 4.34. The first-order valence-electron chi connectivity index (χ1n) is 6.99. The van der Waals surface area contributed by atoms with Crippen LogP contribution in [0.3, 0.4) is 0 Å². The van der Waals surface area contributed by atoms with Crippen LogP contribution in [0.1, 0.15) is 51.9 Å². The van der Waals surface area contributed by atoms with Gasteiger partial charge in [-0.25, -0.2) is 0 Å². The Hall–Kier alpha value is -0.460. The third-order valence-corrected chi connectivity index (χ3v) is 5.16. The van der Waals surface area contributed by atoms with Gasteiger partial charge in [0.2, 0.25) is 0 Å². The molecule has 0 unspecified atom stereocenters. The highest BCUT2D eigenvalue weighted by atomic mass is 16.5. The summed E-state index contributed by atoms with van der Waals surface area (Å²) >= 11 is 0. The monoisotopic (exact) mass is 220 g/mol. The Kier molecular flexibility index (Phi) is 2.53. The van der Waals surface area contributed by atoms with Crippen molar-refractivity contribution in [2.45, 2.75) is 51.9 Å². The molecule has 4 rings (SSSR count). The van der Waals surface area contributed by atoms with Gasteiger partial charge in [0.25, 0.3) is 0 Å². The zero-order valence-corrected chi connectivity index (χ0v) is 10.7. The molecule has 1 heteroatoms. The van der Waals surface area contributed by atoms with E-state index in [-0.39, 0.29) is 0 Å². The molecule has 1 nitrogen and oxygen atoms in total. The normalized spacial score (nSPS) is 46.1. The number of rotatable bonds is 3. The standard InChI is InChI=1S/C15H24O/c1-3-14(16-2)10-15-7-11-4-12(8-15)6-13(5-11)9-15/h10-13H,3-9H2,1-2H3/b14-10+. The lowest BCUT2D eigenvalue weighted by molar-refractivity contribution is -0.0257. The van der Waals surface area contributed by atoms with E-state index < -0.39 is 0 Å². The summed E-state index contributed by atoms with van der Waals surface area (Å²) in [6.07, 6.45) is 12.5. The van der Waals surface area contributed by atoms with Crippen molar-refractivity contribution >= 4 is 0 Å². The fourth-order valence-electron chi connectivity index (χ4n) is 5.00. The zero-order chi connectivity index (χ0) is 11.2. The molecule has 4 fully saturated rings. The second-order valence-electron chi connectivity index (χ2n) is 6.45. The number of hydrogen-bond acceptors (Lipinski definition) is 1. The molecule has 0 atom stereocenters. The quantitative estimate of drug-likeness (QED) is 0.649. The van der Waals surface area contributed by atoms with Gasteiger partial charge in [-0.1, -0.05) is 6.92 Å². The van der Waals surface area contributed by atoms with E-state index >= 15 is 0 Å². The summed E-state index contributed by atoms with van der Waals surface area (Å²) in [5, 5.41) is 0. The van der Waals surface area contributed by atoms with Crippen LogP contribution in [-0.2, 0) is 4.74 Å². The number of ether oxygens (including phenoxy) is 1. The Morgan fingerprint density at radius 2 is 1.62 bits per heavy atom. The van der Waals surface area contributed by atoms with Crippen molar-refractivity contribution < 1.29 is 4.74 Å². The average Bonchev–Trinajstić information content (AvgIpc) is 2.24. The number of methoxy groups -OCH3 is 1. The molecule has 0 aromatic heterocycles. The summed E-state index contributed by atoms with van der Waals surface area (Å²) < 4.78 is 5.50. The van der Waals surface area contributed by atoms with Crippen LogP contribution in [0.5, 0.6) is 0 Å². The average molecular weight is 220 g/mol. The SMILES string of the molecule is CC/C(=C\C12CC3CC(CC(C3)C1)C2)OC. The molecule has 0 heterocycles. The first kappa shape index (κ1) is 10.7. The second-order valence-corrected chi connectivity index (χ2v) is 6.45. The van der Waals surface area contributed by atoms with Crippen LogP contribution in [0.15, 0.2) is 11.8 Å². The molecular formula is C15H24O. The van der Waals surface area contributed by atoms with E-state index in [1.54, 1.807) is 0 Å². The summed E-state index contributed by atoms with van der Waals surface area (Å²) in [4.78, 5) is 0. The van der Waals surface area contributed by atoms with E-state index in [0.717, 1.165) is 24.2 Å². The molecule has 4 saturated carbocycles. The maximum atomic E-state index is 5.50. The van der Waals surface area contributed by atoms with Crippen LogP contribution in [0.25, 0.3) is 0 Å². The molecule has 4 aliphatic carbocycles.